The third-order valence-electron chi connectivity index (χ3n) is 4.00. The molecule has 1 aromatic carbocycles. The van der Waals surface area contributed by atoms with Crippen molar-refractivity contribution in [2.75, 3.05) is 19.6 Å². The molecule has 0 radical (unpaired) electrons. The zero-order valence-electron chi connectivity index (χ0n) is 11.3. The molecule has 1 fully saturated rings. The van der Waals surface area contributed by atoms with Crippen molar-refractivity contribution in [1.82, 2.24) is 14.5 Å². The molecule has 1 N–H and O–H groups in total. The molecule has 0 spiro atoms. The highest BCUT2D eigenvalue weighted by Crippen LogP contribution is 2.24. The highest BCUT2D eigenvalue weighted by Gasteiger charge is 2.22. The van der Waals surface area contributed by atoms with Crippen molar-refractivity contribution < 1.29 is 0 Å². The average Bonchev–Trinajstić information content (AvgIpc) is 2.81. The summed E-state index contributed by atoms with van der Waals surface area (Å²) in [7, 11) is 0. The second-order valence-corrected chi connectivity index (χ2v) is 5.46. The van der Waals surface area contributed by atoms with Crippen molar-refractivity contribution >= 4 is 22.6 Å². The van der Waals surface area contributed by atoms with E-state index in [-0.39, 0.29) is 11.7 Å². The quantitative estimate of drug-likeness (QED) is 0.945. The van der Waals surface area contributed by atoms with Gasteiger partial charge in [-0.3, -0.25) is 9.47 Å². The topological polar surface area (TPSA) is 41.0 Å². The van der Waals surface area contributed by atoms with Gasteiger partial charge in [0.1, 0.15) is 0 Å². The summed E-state index contributed by atoms with van der Waals surface area (Å²) in [4.78, 5) is 17.4. The average molecular weight is 292 g/mol. The van der Waals surface area contributed by atoms with Crippen LogP contribution >= 0.6 is 11.6 Å². The predicted molar refractivity (Wildman–Crippen MR) is 82.3 cm³/mol. The van der Waals surface area contributed by atoms with E-state index in [4.69, 9.17) is 11.6 Å². The zero-order chi connectivity index (χ0) is 13.9. The molecule has 106 valence electrons. The number of fused-ring (bicyclic) bond motifs is 1. The number of aromatic nitrogens is 2. The van der Waals surface area contributed by atoms with Gasteiger partial charge >= 0.3 is 5.69 Å². The molecule has 1 aliphatic heterocycles. The van der Waals surface area contributed by atoms with Gasteiger partial charge in [0.05, 0.1) is 11.0 Å². The van der Waals surface area contributed by atoms with E-state index in [9.17, 15) is 4.79 Å². The van der Waals surface area contributed by atoms with E-state index in [2.05, 4.69) is 9.88 Å². The van der Waals surface area contributed by atoms with Crippen molar-refractivity contribution in [1.29, 1.82) is 0 Å². The maximum atomic E-state index is 12.2. The van der Waals surface area contributed by atoms with Crippen molar-refractivity contribution in [3.05, 3.63) is 46.4 Å². The SMILES string of the molecule is O=c1[nH]c2ccccc2n1C1CCN(C/C=C/Cl)CC1. The first-order valence-corrected chi connectivity index (χ1v) is 7.40. The second-order valence-electron chi connectivity index (χ2n) is 5.21. The molecule has 0 amide bonds. The van der Waals surface area contributed by atoms with Crippen LogP contribution in [0, 0.1) is 0 Å². The number of aromatic amines is 1. The third kappa shape index (κ3) is 2.53. The highest BCUT2D eigenvalue weighted by molar-refractivity contribution is 6.25. The summed E-state index contributed by atoms with van der Waals surface area (Å²) in [5.41, 5.74) is 3.50. The van der Waals surface area contributed by atoms with Gasteiger partial charge in [-0.1, -0.05) is 29.8 Å². The molecule has 2 aromatic rings. The fourth-order valence-electron chi connectivity index (χ4n) is 2.99. The maximum Gasteiger partial charge on any atom is 0.326 e. The van der Waals surface area contributed by atoms with E-state index >= 15 is 0 Å². The molecule has 4 nitrogen and oxygen atoms in total. The minimum absolute atomic E-state index is 0.00491. The Morgan fingerprint density at radius 1 is 1.30 bits per heavy atom. The number of likely N-dealkylation sites (tertiary alicyclic amines) is 1. The number of nitrogens with zero attached hydrogens (tertiary/aromatic N) is 2. The number of hydrogen-bond acceptors (Lipinski definition) is 2. The van der Waals surface area contributed by atoms with Crippen LogP contribution in [0.2, 0.25) is 0 Å². The monoisotopic (exact) mass is 291 g/mol. The molecule has 1 saturated heterocycles. The molecule has 5 heteroatoms. The number of benzene rings is 1. The largest absolute Gasteiger partial charge is 0.326 e. The summed E-state index contributed by atoms with van der Waals surface area (Å²) in [6.45, 7) is 2.88. The van der Waals surface area contributed by atoms with Crippen molar-refractivity contribution in [2.45, 2.75) is 18.9 Å². The fourth-order valence-corrected chi connectivity index (χ4v) is 3.07. The van der Waals surface area contributed by atoms with E-state index in [1.54, 1.807) is 5.54 Å². The van der Waals surface area contributed by atoms with Crippen LogP contribution in [0.5, 0.6) is 0 Å². The van der Waals surface area contributed by atoms with Crippen LogP contribution in [0.3, 0.4) is 0 Å². The van der Waals surface area contributed by atoms with Gasteiger partial charge < -0.3 is 4.98 Å². The summed E-state index contributed by atoms with van der Waals surface area (Å²) in [5, 5.41) is 0. The van der Waals surface area contributed by atoms with E-state index < -0.39 is 0 Å². The first-order chi connectivity index (χ1) is 9.79. The molecule has 0 saturated carbocycles. The molecule has 20 heavy (non-hydrogen) atoms. The molecule has 0 atom stereocenters. The van der Waals surface area contributed by atoms with Crippen LogP contribution in [-0.2, 0) is 0 Å². The Bertz CT molecular complexity index is 665. The standard InChI is InChI=1S/C15H18ClN3O/c16-8-3-9-18-10-6-12(7-11-18)19-14-5-2-1-4-13(14)17-15(19)20/h1-5,8,12H,6-7,9-11H2,(H,17,20)/b8-3+. The number of piperidine rings is 1. The number of H-pyrrole nitrogens is 1. The van der Waals surface area contributed by atoms with Gasteiger partial charge in [-0.2, -0.15) is 0 Å². The summed E-state index contributed by atoms with van der Waals surface area (Å²) >= 11 is 5.56. The number of imidazole rings is 1. The van der Waals surface area contributed by atoms with Crippen LogP contribution in [0.1, 0.15) is 18.9 Å². The summed E-state index contributed by atoms with van der Waals surface area (Å²) in [6, 6.07) is 8.18. The number of halogens is 1. The van der Waals surface area contributed by atoms with Gasteiger partial charge in [0.15, 0.2) is 0 Å². The lowest BCUT2D eigenvalue weighted by Crippen LogP contribution is -2.37. The third-order valence-corrected chi connectivity index (χ3v) is 4.18. The van der Waals surface area contributed by atoms with Crippen LogP contribution < -0.4 is 5.69 Å². The minimum atomic E-state index is 0.00491. The van der Waals surface area contributed by atoms with Gasteiger partial charge in [-0.25, -0.2) is 4.79 Å². The van der Waals surface area contributed by atoms with Crippen LogP contribution in [0.15, 0.2) is 40.7 Å². The Balaban J connectivity index is 1.80. The number of nitrogens with one attached hydrogen (secondary N) is 1. The van der Waals surface area contributed by atoms with Crippen molar-refractivity contribution in [3.8, 4) is 0 Å². The molecular weight excluding hydrogens is 274 g/mol. The number of rotatable bonds is 3. The van der Waals surface area contributed by atoms with E-state index in [0.717, 1.165) is 43.5 Å². The van der Waals surface area contributed by atoms with Crippen LogP contribution in [0.4, 0.5) is 0 Å². The number of hydrogen-bond donors (Lipinski definition) is 1. The predicted octanol–water partition coefficient (Wildman–Crippen LogP) is 2.72. The van der Waals surface area contributed by atoms with E-state index in [1.807, 2.05) is 34.9 Å². The second kappa shape index (κ2) is 5.85. The first kappa shape index (κ1) is 13.5. The molecule has 0 aliphatic carbocycles. The molecule has 0 bridgehead atoms. The van der Waals surface area contributed by atoms with Crippen molar-refractivity contribution in [3.63, 3.8) is 0 Å². The summed E-state index contributed by atoms with van der Waals surface area (Å²) in [5.74, 6) is 0. The normalized spacial score (nSPS) is 18.2. The van der Waals surface area contributed by atoms with Gasteiger partial charge in [0.25, 0.3) is 0 Å². The van der Waals surface area contributed by atoms with Crippen LogP contribution in [-0.4, -0.2) is 34.1 Å². The first-order valence-electron chi connectivity index (χ1n) is 6.96. The summed E-state index contributed by atoms with van der Waals surface area (Å²) < 4.78 is 1.92. The lowest BCUT2D eigenvalue weighted by Gasteiger charge is -2.31. The molecule has 2 heterocycles. The Morgan fingerprint density at radius 2 is 2.05 bits per heavy atom. The smallest absolute Gasteiger partial charge is 0.306 e. The van der Waals surface area contributed by atoms with Gasteiger partial charge in [0, 0.05) is 31.2 Å². The Hall–Kier alpha value is -1.52. The fraction of sp³-hybridized carbons (Fsp3) is 0.400. The lowest BCUT2D eigenvalue weighted by molar-refractivity contribution is 0.203. The lowest BCUT2D eigenvalue weighted by atomic mass is 10.0. The molecule has 1 aliphatic rings. The highest BCUT2D eigenvalue weighted by atomic mass is 35.5. The van der Waals surface area contributed by atoms with E-state index in [1.165, 1.54) is 0 Å². The van der Waals surface area contributed by atoms with Gasteiger partial charge in [-0.05, 0) is 25.0 Å². The van der Waals surface area contributed by atoms with E-state index in [0.29, 0.717) is 0 Å². The van der Waals surface area contributed by atoms with Crippen LogP contribution in [0.25, 0.3) is 11.0 Å². The maximum absolute atomic E-state index is 12.2. The molecule has 1 aromatic heterocycles. The minimum Gasteiger partial charge on any atom is -0.306 e. The zero-order valence-corrected chi connectivity index (χ0v) is 12.0. The summed E-state index contributed by atoms with van der Waals surface area (Å²) in [6.07, 6.45) is 3.95. The molecule has 0 unspecified atom stereocenters. The Kier molecular flexibility index (Phi) is 3.94. The number of para-hydroxylation sites is 2. The van der Waals surface area contributed by atoms with Gasteiger partial charge in [0.2, 0.25) is 0 Å². The van der Waals surface area contributed by atoms with Gasteiger partial charge in [-0.15, -0.1) is 0 Å². The Morgan fingerprint density at radius 3 is 2.80 bits per heavy atom. The molecular formula is C15H18ClN3O. The molecule has 3 rings (SSSR count). The Labute approximate surface area is 122 Å². The van der Waals surface area contributed by atoms with Crippen molar-refractivity contribution in [2.24, 2.45) is 0 Å².